The van der Waals surface area contributed by atoms with Crippen LogP contribution in [-0.4, -0.2) is 25.7 Å². The molecule has 7 heteroatoms. The number of ketones is 1. The minimum absolute atomic E-state index is 0.0738. The summed E-state index contributed by atoms with van der Waals surface area (Å²) in [7, 11) is 1.86. The largest absolute Gasteiger partial charge is 0.342 e. The second-order valence-electron chi connectivity index (χ2n) is 7.65. The van der Waals surface area contributed by atoms with Gasteiger partial charge in [0.25, 0.3) is 0 Å². The van der Waals surface area contributed by atoms with Gasteiger partial charge in [-0.2, -0.15) is 15.3 Å². The molecule has 0 N–H and O–H groups in total. The van der Waals surface area contributed by atoms with Crippen molar-refractivity contribution in [2.45, 2.75) is 39.0 Å². The van der Waals surface area contributed by atoms with E-state index in [1.807, 2.05) is 27.0 Å². The van der Waals surface area contributed by atoms with E-state index in [0.717, 1.165) is 29.8 Å². The monoisotopic (exact) mass is 337 g/mol. The SMILES string of the molecule is Cn1nc2c(c1-c1ncon1)CC[C@H]1C(C)(C)C(=O)C(C#N)=C[C@]21C. The molecule has 2 aliphatic carbocycles. The zero-order chi connectivity index (χ0) is 18.0. The molecule has 0 spiro atoms. The van der Waals surface area contributed by atoms with E-state index in [1.165, 1.54) is 6.39 Å². The lowest BCUT2D eigenvalue weighted by atomic mass is 9.52. The lowest BCUT2D eigenvalue weighted by Gasteiger charge is -2.49. The van der Waals surface area contributed by atoms with Crippen molar-refractivity contribution in [3.05, 3.63) is 29.3 Å². The number of Topliss-reactive ketones (excluding diaryl/α,β-unsaturated/α-hetero) is 1. The molecule has 2 aromatic rings. The van der Waals surface area contributed by atoms with Gasteiger partial charge in [0.05, 0.1) is 11.3 Å². The van der Waals surface area contributed by atoms with Crippen molar-refractivity contribution in [2.75, 3.05) is 0 Å². The van der Waals surface area contributed by atoms with Crippen LogP contribution in [0.15, 0.2) is 22.6 Å². The number of carbonyl (C=O) groups is 1. The summed E-state index contributed by atoms with van der Waals surface area (Å²) in [5, 5.41) is 18.2. The minimum atomic E-state index is -0.601. The van der Waals surface area contributed by atoms with E-state index >= 15 is 0 Å². The highest BCUT2D eigenvalue weighted by Crippen LogP contribution is 2.55. The van der Waals surface area contributed by atoms with Crippen LogP contribution in [0.2, 0.25) is 0 Å². The maximum Gasteiger partial charge on any atom is 0.220 e. The summed E-state index contributed by atoms with van der Waals surface area (Å²) < 4.78 is 6.67. The van der Waals surface area contributed by atoms with E-state index in [9.17, 15) is 10.1 Å². The summed E-state index contributed by atoms with van der Waals surface area (Å²) in [4.78, 5) is 16.9. The Kier molecular flexibility index (Phi) is 3.08. The van der Waals surface area contributed by atoms with Crippen LogP contribution in [0.4, 0.5) is 0 Å². The van der Waals surface area contributed by atoms with Gasteiger partial charge in [0.1, 0.15) is 11.8 Å². The van der Waals surface area contributed by atoms with Crippen molar-refractivity contribution in [1.29, 1.82) is 5.26 Å². The smallest absolute Gasteiger partial charge is 0.220 e. The number of nitriles is 1. The molecule has 0 unspecified atom stereocenters. The van der Waals surface area contributed by atoms with Crippen molar-refractivity contribution in [1.82, 2.24) is 19.9 Å². The molecule has 0 radical (unpaired) electrons. The summed E-state index contributed by atoms with van der Waals surface area (Å²) in [6.07, 6.45) is 4.75. The lowest BCUT2D eigenvalue weighted by Crippen LogP contribution is -2.51. The number of nitrogens with zero attached hydrogens (tertiary/aromatic N) is 5. The summed E-state index contributed by atoms with van der Waals surface area (Å²) in [5.74, 6) is 0.522. The average Bonchev–Trinajstić information content (AvgIpc) is 3.18. The second kappa shape index (κ2) is 4.88. The van der Waals surface area contributed by atoms with Crippen LogP contribution >= 0.6 is 0 Å². The van der Waals surface area contributed by atoms with E-state index in [-0.39, 0.29) is 17.3 Å². The first-order valence-corrected chi connectivity index (χ1v) is 8.31. The fraction of sp³-hybridized carbons (Fsp3) is 0.500. The zero-order valence-electron chi connectivity index (χ0n) is 14.7. The molecular formula is C18H19N5O2. The molecule has 128 valence electrons. The van der Waals surface area contributed by atoms with Gasteiger partial charge in [-0.05, 0) is 18.8 Å². The Morgan fingerprint density at radius 3 is 2.80 bits per heavy atom. The van der Waals surface area contributed by atoms with Crippen molar-refractivity contribution in [3.8, 4) is 17.6 Å². The van der Waals surface area contributed by atoms with Gasteiger partial charge < -0.3 is 4.52 Å². The first kappa shape index (κ1) is 15.8. The molecule has 7 nitrogen and oxygen atoms in total. The van der Waals surface area contributed by atoms with E-state index in [2.05, 4.69) is 23.1 Å². The highest BCUT2D eigenvalue weighted by atomic mass is 16.5. The molecule has 4 rings (SSSR count). The van der Waals surface area contributed by atoms with Crippen LogP contribution in [0.1, 0.15) is 38.4 Å². The number of allylic oxidation sites excluding steroid dienone is 2. The molecule has 2 aliphatic rings. The molecule has 0 saturated carbocycles. The van der Waals surface area contributed by atoms with E-state index in [0.29, 0.717) is 5.82 Å². The predicted octanol–water partition coefficient (Wildman–Crippen LogP) is 2.35. The number of rotatable bonds is 1. The van der Waals surface area contributed by atoms with Gasteiger partial charge in [-0.1, -0.05) is 32.0 Å². The Bertz CT molecular complexity index is 945. The Morgan fingerprint density at radius 2 is 2.16 bits per heavy atom. The fourth-order valence-corrected chi connectivity index (χ4v) is 4.78. The summed E-state index contributed by atoms with van der Waals surface area (Å²) in [6.45, 7) is 5.96. The highest BCUT2D eigenvalue weighted by Gasteiger charge is 2.55. The molecule has 2 atom stereocenters. The van der Waals surface area contributed by atoms with Gasteiger partial charge >= 0.3 is 0 Å². The van der Waals surface area contributed by atoms with Crippen LogP contribution in [0, 0.1) is 22.7 Å². The van der Waals surface area contributed by atoms with Crippen LogP contribution in [0.5, 0.6) is 0 Å². The fourth-order valence-electron chi connectivity index (χ4n) is 4.78. The third kappa shape index (κ3) is 1.91. The van der Waals surface area contributed by atoms with Gasteiger partial charge in [-0.15, -0.1) is 0 Å². The first-order valence-electron chi connectivity index (χ1n) is 8.31. The summed E-state index contributed by atoms with van der Waals surface area (Å²) >= 11 is 0. The summed E-state index contributed by atoms with van der Waals surface area (Å²) in [5.41, 5.74) is 1.96. The quantitative estimate of drug-likeness (QED) is 0.792. The molecule has 0 aliphatic heterocycles. The number of carbonyl (C=O) groups excluding carboxylic acids is 1. The minimum Gasteiger partial charge on any atom is -0.342 e. The topological polar surface area (TPSA) is 97.6 Å². The van der Waals surface area contributed by atoms with Crippen LogP contribution in [-0.2, 0) is 23.7 Å². The lowest BCUT2D eigenvalue weighted by molar-refractivity contribution is -0.128. The molecule has 0 amide bonds. The molecule has 0 saturated heterocycles. The normalized spacial score (nSPS) is 27.2. The van der Waals surface area contributed by atoms with Gasteiger partial charge in [-0.25, -0.2) is 0 Å². The molecule has 2 heterocycles. The van der Waals surface area contributed by atoms with E-state index < -0.39 is 10.8 Å². The third-order valence-electron chi connectivity index (χ3n) is 5.90. The third-order valence-corrected chi connectivity index (χ3v) is 5.90. The van der Waals surface area contributed by atoms with Crippen LogP contribution in [0.25, 0.3) is 11.5 Å². The molecule has 0 bridgehead atoms. The Morgan fingerprint density at radius 1 is 1.40 bits per heavy atom. The average molecular weight is 337 g/mol. The first-order chi connectivity index (χ1) is 11.8. The van der Waals surface area contributed by atoms with Crippen LogP contribution < -0.4 is 0 Å². The molecule has 25 heavy (non-hydrogen) atoms. The van der Waals surface area contributed by atoms with Gasteiger partial charge in [0.15, 0.2) is 5.78 Å². The maximum absolute atomic E-state index is 12.7. The highest BCUT2D eigenvalue weighted by molar-refractivity contribution is 6.04. The zero-order valence-corrected chi connectivity index (χ0v) is 14.7. The molecule has 0 aromatic carbocycles. The number of aryl methyl sites for hydroxylation is 1. The number of fused-ring (bicyclic) bond motifs is 3. The predicted molar refractivity (Wildman–Crippen MR) is 88.1 cm³/mol. The molecular weight excluding hydrogens is 318 g/mol. The second-order valence-corrected chi connectivity index (χ2v) is 7.65. The Balaban J connectivity index is 1.98. The number of hydrogen-bond donors (Lipinski definition) is 0. The van der Waals surface area contributed by atoms with Crippen molar-refractivity contribution >= 4 is 5.78 Å². The number of hydrogen-bond acceptors (Lipinski definition) is 6. The molecule has 0 fully saturated rings. The van der Waals surface area contributed by atoms with Gasteiger partial charge in [0.2, 0.25) is 12.2 Å². The number of aromatic nitrogens is 4. The standard InChI is InChI=1S/C18H19N5O2/c1-17(2)12-6-5-11-13(16-20-9-25-22-16)23(4)21-14(11)18(12,3)7-10(8-19)15(17)24/h7,9,12H,5-6H2,1-4H3/t12-,18-/m0/s1. The van der Waals surface area contributed by atoms with Crippen molar-refractivity contribution in [2.24, 2.45) is 18.4 Å². The Hall–Kier alpha value is -2.75. The molecule has 2 aromatic heterocycles. The summed E-state index contributed by atoms with van der Waals surface area (Å²) in [6, 6.07) is 2.08. The van der Waals surface area contributed by atoms with E-state index in [1.54, 1.807) is 4.68 Å². The maximum atomic E-state index is 12.7. The van der Waals surface area contributed by atoms with Crippen LogP contribution in [0.3, 0.4) is 0 Å². The van der Waals surface area contributed by atoms with Gasteiger partial charge in [-0.3, -0.25) is 9.48 Å². The van der Waals surface area contributed by atoms with Gasteiger partial charge in [0, 0.05) is 23.4 Å². The van der Waals surface area contributed by atoms with E-state index in [4.69, 9.17) is 9.62 Å². The van der Waals surface area contributed by atoms with Crippen molar-refractivity contribution < 1.29 is 9.32 Å². The Labute approximate surface area is 145 Å². The van der Waals surface area contributed by atoms with Crippen molar-refractivity contribution in [3.63, 3.8) is 0 Å².